The van der Waals surface area contributed by atoms with Gasteiger partial charge >= 0.3 is 6.09 Å². The molecule has 3 aliphatic rings. The minimum atomic E-state index is -0.684. The lowest BCUT2D eigenvalue weighted by Gasteiger charge is -2.42. The largest absolute Gasteiger partial charge is 0.496 e. The zero-order valence-electron chi connectivity index (χ0n) is 38.4. The number of carbonyl (C=O) groups is 1. The lowest BCUT2D eigenvalue weighted by Crippen LogP contribution is -2.51. The van der Waals surface area contributed by atoms with Crippen LogP contribution in [0, 0.1) is 5.92 Å². The summed E-state index contributed by atoms with van der Waals surface area (Å²) in [6.45, 7) is 18.7. The van der Waals surface area contributed by atoms with Crippen molar-refractivity contribution >= 4 is 28.6 Å². The second-order valence-electron chi connectivity index (χ2n) is 18.9. The summed E-state index contributed by atoms with van der Waals surface area (Å²) >= 11 is 0. The van der Waals surface area contributed by atoms with Crippen molar-refractivity contribution in [3.63, 3.8) is 0 Å². The highest BCUT2D eigenvalue weighted by atomic mass is 16.6. The molecule has 4 aromatic rings. The Labute approximate surface area is 365 Å². The van der Waals surface area contributed by atoms with Gasteiger partial charge in [0.05, 0.1) is 43.2 Å². The van der Waals surface area contributed by atoms with Crippen LogP contribution >= 0.6 is 0 Å². The molecule has 0 aromatic heterocycles. The molecule has 1 amide bonds. The van der Waals surface area contributed by atoms with Crippen molar-refractivity contribution in [2.45, 2.75) is 130 Å². The number of hydrogen-bond acceptors (Lipinski definition) is 7. The molecule has 2 atom stereocenters. The Morgan fingerprint density at radius 2 is 1.34 bits per heavy atom. The van der Waals surface area contributed by atoms with E-state index in [1.807, 2.05) is 95.3 Å². The van der Waals surface area contributed by atoms with Crippen LogP contribution in [0.5, 0.6) is 11.5 Å². The Hall–Kier alpha value is -5.05. The van der Waals surface area contributed by atoms with Crippen LogP contribution in [0.25, 0.3) is 33.4 Å². The van der Waals surface area contributed by atoms with E-state index in [9.17, 15) is 9.90 Å². The van der Waals surface area contributed by atoms with Crippen molar-refractivity contribution in [2.75, 3.05) is 31.0 Å². The average Bonchev–Trinajstić information content (AvgIpc) is 3.22. The summed E-state index contributed by atoms with van der Waals surface area (Å²) in [6.07, 6.45) is 11.4. The Morgan fingerprint density at radius 1 is 0.770 bits per heavy atom. The maximum Gasteiger partial charge on any atom is 0.415 e. The fraction of sp³-hybridized carbons (Fsp3) is 0.453. The van der Waals surface area contributed by atoms with E-state index in [2.05, 4.69) is 62.5 Å². The third kappa shape index (κ3) is 10.9. The molecule has 0 bridgehead atoms. The van der Waals surface area contributed by atoms with Gasteiger partial charge in [0.2, 0.25) is 0 Å². The summed E-state index contributed by atoms with van der Waals surface area (Å²) < 4.78 is 23.2. The van der Waals surface area contributed by atoms with Crippen molar-refractivity contribution in [2.24, 2.45) is 5.92 Å². The fourth-order valence-corrected chi connectivity index (χ4v) is 8.94. The number of nitrogens with zero attached hydrogens (tertiary/aromatic N) is 1. The molecule has 326 valence electrons. The molecule has 7 rings (SSSR count). The van der Waals surface area contributed by atoms with Gasteiger partial charge in [-0.1, -0.05) is 92.8 Å². The fourth-order valence-electron chi connectivity index (χ4n) is 8.94. The molecular weight excluding hydrogens is 761 g/mol. The number of aliphatic hydroxyl groups is 1. The van der Waals surface area contributed by atoms with Gasteiger partial charge in [-0.15, -0.1) is 0 Å². The lowest BCUT2D eigenvalue weighted by atomic mass is 9.85. The van der Waals surface area contributed by atoms with E-state index < -0.39 is 23.3 Å². The first-order valence-corrected chi connectivity index (χ1v) is 22.0. The third-order valence-corrected chi connectivity index (χ3v) is 11.9. The Kier molecular flexibility index (Phi) is 14.1. The summed E-state index contributed by atoms with van der Waals surface area (Å²) in [4.78, 5) is 14.8. The van der Waals surface area contributed by atoms with Crippen LogP contribution in [0.15, 0.2) is 97.1 Å². The van der Waals surface area contributed by atoms with Gasteiger partial charge in [-0.05, 0) is 133 Å². The predicted octanol–water partition coefficient (Wildman–Crippen LogP) is 13.0. The smallest absolute Gasteiger partial charge is 0.415 e. The normalized spacial score (nSPS) is 17.8. The number of benzene rings is 4. The third-order valence-electron chi connectivity index (χ3n) is 11.9. The molecular formula is C53H68N2O6. The molecule has 2 N–H and O–H groups in total. The van der Waals surface area contributed by atoms with E-state index in [-0.39, 0.29) is 11.6 Å². The molecule has 2 unspecified atom stereocenters. The monoisotopic (exact) mass is 829 g/mol. The van der Waals surface area contributed by atoms with E-state index in [4.69, 9.17) is 18.9 Å². The van der Waals surface area contributed by atoms with Crippen LogP contribution in [0.2, 0.25) is 0 Å². The summed E-state index contributed by atoms with van der Waals surface area (Å²) in [5.74, 6) is 2.51. The molecule has 2 aliphatic heterocycles. The highest BCUT2D eigenvalue weighted by Crippen LogP contribution is 2.44. The predicted molar refractivity (Wildman–Crippen MR) is 252 cm³/mol. The molecule has 2 heterocycles. The van der Waals surface area contributed by atoms with Crippen LogP contribution in [0.3, 0.4) is 0 Å². The SMILES string of the molecule is COc1ccccc1-c1ccc2c(c1)C(C(C)O)=CC(C)(C)N2C(=O)OC(C)(C)C.COc1ccccc1-c1ccc2c(c1)C(C(C)OCCC1CCCCC1)=CC(C)(C)N2. The standard InChI is InChI=1S/C28H37NO2.C25H31NO4/c1-20(31-17-16-21-10-6-5-7-11-21)25-19-28(2,3)29-26-15-14-22(18-24(25)26)23-12-8-9-13-27(23)30-4;1-16(27)20-15-25(5,6)26(23(28)30-24(2,3)4)21-13-12-17(14-19(20)21)18-10-8-9-11-22(18)29-7/h8-9,12-15,18-21,29H,5-7,10-11,16-17H2,1-4H3;8-16,27H,1-7H3. The Balaban J connectivity index is 0.000000204. The van der Waals surface area contributed by atoms with Gasteiger partial charge in [0.25, 0.3) is 0 Å². The molecule has 1 saturated carbocycles. The van der Waals surface area contributed by atoms with Crippen LogP contribution in [0.1, 0.15) is 112 Å². The second kappa shape index (κ2) is 18.9. The van der Waals surface area contributed by atoms with Gasteiger partial charge in [0.15, 0.2) is 0 Å². The van der Waals surface area contributed by atoms with Crippen molar-refractivity contribution in [3.8, 4) is 33.8 Å². The number of carbonyl (C=O) groups excluding carboxylic acids is 1. The van der Waals surface area contributed by atoms with Crippen LogP contribution in [-0.2, 0) is 9.47 Å². The summed E-state index contributed by atoms with van der Waals surface area (Å²) in [5.41, 5.74) is 8.78. The quantitative estimate of drug-likeness (QED) is 0.165. The maximum absolute atomic E-state index is 13.1. The number of anilines is 2. The molecule has 0 saturated heterocycles. The highest BCUT2D eigenvalue weighted by Gasteiger charge is 2.40. The number of aliphatic hydroxyl groups excluding tert-OH is 1. The van der Waals surface area contributed by atoms with Crippen molar-refractivity contribution < 1.29 is 28.8 Å². The van der Waals surface area contributed by atoms with Gasteiger partial charge in [0.1, 0.15) is 17.1 Å². The molecule has 0 radical (unpaired) electrons. The zero-order chi connectivity index (χ0) is 44.1. The highest BCUT2D eigenvalue weighted by molar-refractivity contribution is 5.99. The van der Waals surface area contributed by atoms with Gasteiger partial charge in [-0.2, -0.15) is 0 Å². The molecule has 0 spiro atoms. The summed E-state index contributed by atoms with van der Waals surface area (Å²) in [6, 6.07) is 28.5. The molecule has 61 heavy (non-hydrogen) atoms. The zero-order valence-corrected chi connectivity index (χ0v) is 38.4. The van der Waals surface area contributed by atoms with E-state index >= 15 is 0 Å². The molecule has 8 nitrogen and oxygen atoms in total. The second-order valence-corrected chi connectivity index (χ2v) is 18.9. The van der Waals surface area contributed by atoms with E-state index in [0.717, 1.165) is 57.4 Å². The first kappa shape index (κ1) is 45.5. The molecule has 4 aromatic carbocycles. The topological polar surface area (TPSA) is 89.5 Å². The van der Waals surface area contributed by atoms with Crippen molar-refractivity contribution in [1.82, 2.24) is 0 Å². The van der Waals surface area contributed by atoms with E-state index in [1.165, 1.54) is 55.3 Å². The van der Waals surface area contributed by atoms with Crippen LogP contribution < -0.4 is 19.7 Å². The molecule has 1 aliphatic carbocycles. The van der Waals surface area contributed by atoms with Gasteiger partial charge in [-0.3, -0.25) is 4.90 Å². The van der Waals surface area contributed by atoms with Gasteiger partial charge in [-0.25, -0.2) is 4.79 Å². The van der Waals surface area contributed by atoms with Gasteiger partial charge < -0.3 is 29.4 Å². The molecule has 8 heteroatoms. The number of fused-ring (bicyclic) bond motifs is 2. The first-order valence-electron chi connectivity index (χ1n) is 22.0. The number of methoxy groups -OCH3 is 2. The number of rotatable bonds is 10. The van der Waals surface area contributed by atoms with Crippen molar-refractivity contribution in [3.05, 3.63) is 108 Å². The molecule has 1 fully saturated rings. The number of ether oxygens (including phenoxy) is 4. The Morgan fingerprint density at radius 3 is 1.92 bits per heavy atom. The summed E-state index contributed by atoms with van der Waals surface area (Å²) in [5, 5.41) is 14.2. The summed E-state index contributed by atoms with van der Waals surface area (Å²) in [7, 11) is 3.38. The maximum atomic E-state index is 13.1. The minimum absolute atomic E-state index is 0.0663. The van der Waals surface area contributed by atoms with Gasteiger partial charge in [0, 0.05) is 34.5 Å². The number of para-hydroxylation sites is 2. The van der Waals surface area contributed by atoms with Crippen LogP contribution in [-0.4, -0.2) is 60.9 Å². The number of hydrogen-bond donors (Lipinski definition) is 2. The number of nitrogens with one attached hydrogen (secondary N) is 1. The average molecular weight is 829 g/mol. The lowest BCUT2D eigenvalue weighted by molar-refractivity contribution is 0.0555. The van der Waals surface area contributed by atoms with E-state index in [0.29, 0.717) is 5.69 Å². The Bertz CT molecular complexity index is 2220. The van der Waals surface area contributed by atoms with Crippen molar-refractivity contribution in [1.29, 1.82) is 0 Å². The minimum Gasteiger partial charge on any atom is -0.496 e. The van der Waals surface area contributed by atoms with Crippen LogP contribution in [0.4, 0.5) is 16.2 Å². The number of amides is 1. The van der Waals surface area contributed by atoms with E-state index in [1.54, 1.807) is 26.0 Å². The first-order chi connectivity index (χ1) is 28.9.